The second-order valence-electron chi connectivity index (χ2n) is 21.2. The average molecular weight is 1050 g/mol. The van der Waals surface area contributed by atoms with Crippen LogP contribution in [0.1, 0.15) is 101 Å². The van der Waals surface area contributed by atoms with Gasteiger partial charge in [-0.2, -0.15) is 0 Å². The molecule has 0 bridgehead atoms. The van der Waals surface area contributed by atoms with Gasteiger partial charge in [-0.3, -0.25) is 0 Å². The van der Waals surface area contributed by atoms with E-state index in [4.69, 9.17) is 0 Å². The number of hydrogen-bond donors (Lipinski definition) is 0. The van der Waals surface area contributed by atoms with Gasteiger partial charge >= 0.3 is 0 Å². The summed E-state index contributed by atoms with van der Waals surface area (Å²) in [4.78, 5) is 9.48. The van der Waals surface area contributed by atoms with Crippen LogP contribution in [0, 0.1) is 0 Å². The van der Waals surface area contributed by atoms with E-state index in [1.54, 1.807) is 0 Å². The molecule has 10 aromatic rings. The Morgan fingerprint density at radius 1 is 0.188 bits per heavy atom. The number of para-hydroxylation sites is 2. The molecule has 10 rings (SSSR count). The first-order valence-electron chi connectivity index (χ1n) is 29.6. The summed E-state index contributed by atoms with van der Waals surface area (Å²) in [5.41, 5.74) is 21.3. The second-order valence-corrected chi connectivity index (χ2v) is 21.2. The van der Waals surface area contributed by atoms with Crippen LogP contribution >= 0.6 is 0 Å². The molecule has 0 fully saturated rings. The molecule has 0 saturated heterocycles. The van der Waals surface area contributed by atoms with Gasteiger partial charge < -0.3 is 19.6 Å². The van der Waals surface area contributed by atoms with Gasteiger partial charge in [-0.05, 0) is 230 Å². The highest BCUT2D eigenvalue weighted by Gasteiger charge is 2.19. The Morgan fingerprint density at radius 3 is 0.537 bits per heavy atom. The average Bonchev–Trinajstić information content (AvgIpc) is 3.55. The zero-order valence-electron chi connectivity index (χ0n) is 47.5. The highest BCUT2D eigenvalue weighted by atomic mass is 15.2. The largest absolute Gasteiger partial charge is 0.311 e. The summed E-state index contributed by atoms with van der Waals surface area (Å²) < 4.78 is 0. The molecule has 0 atom stereocenters. The van der Waals surface area contributed by atoms with Gasteiger partial charge in [-0.1, -0.05) is 163 Å². The molecule has 4 nitrogen and oxygen atoms in total. The lowest BCUT2D eigenvalue weighted by atomic mass is 10.0. The summed E-state index contributed by atoms with van der Waals surface area (Å²) >= 11 is 0. The van der Waals surface area contributed by atoms with E-state index in [1.165, 1.54) is 84.7 Å². The smallest absolute Gasteiger partial charge is 0.0463 e. The molecule has 10 aromatic carbocycles. The standard InChI is InChI=1S/C76H78N4/c1-5-9-19-59-27-39-67(40-28-59)77(65-23-15-13-16-24-65)73-51-55-75(56-52-73)79(69-43-31-61(32-44-69)21-11-7-3)71-47-35-63(36-48-71)64-37-49-72(50-38-64)80(70-45-33-62(34-46-70)22-12-8-4)76-57-53-74(54-58-76)78(66-25-17-14-18-26-66)68-41-29-60(30-42-68)20-10-6-2/h13-18,23-58H,5-12,19-22H2,1-4H3. The molecule has 0 aliphatic heterocycles. The Labute approximate surface area is 478 Å². The van der Waals surface area contributed by atoms with Crippen molar-refractivity contribution in [1.29, 1.82) is 0 Å². The van der Waals surface area contributed by atoms with Gasteiger partial charge in [-0.25, -0.2) is 0 Å². The number of rotatable bonds is 25. The minimum absolute atomic E-state index is 1.09. The van der Waals surface area contributed by atoms with Crippen molar-refractivity contribution < 1.29 is 0 Å². The summed E-state index contributed by atoms with van der Waals surface area (Å²) in [5.74, 6) is 0. The summed E-state index contributed by atoms with van der Waals surface area (Å²) in [5, 5.41) is 0. The summed E-state index contributed by atoms with van der Waals surface area (Å²) in [6.45, 7) is 9.03. The highest BCUT2D eigenvalue weighted by molar-refractivity contribution is 5.84. The van der Waals surface area contributed by atoms with Crippen molar-refractivity contribution in [3.8, 4) is 11.1 Å². The number of unbranched alkanes of at least 4 members (excludes halogenated alkanes) is 4. The lowest BCUT2D eigenvalue weighted by Crippen LogP contribution is -2.12. The van der Waals surface area contributed by atoms with Crippen molar-refractivity contribution in [1.82, 2.24) is 0 Å². The van der Waals surface area contributed by atoms with Crippen molar-refractivity contribution >= 4 is 68.2 Å². The van der Waals surface area contributed by atoms with Crippen molar-refractivity contribution in [2.75, 3.05) is 19.6 Å². The predicted octanol–water partition coefficient (Wildman–Crippen LogP) is 22.6. The van der Waals surface area contributed by atoms with Gasteiger partial charge in [0.2, 0.25) is 0 Å². The molecule has 4 heteroatoms. The third-order valence-electron chi connectivity index (χ3n) is 15.4. The SMILES string of the molecule is CCCCc1ccc(N(c2ccccc2)c2ccc(N(c3ccc(CCCC)cc3)c3ccc(-c4ccc(N(c5ccc(CCCC)cc5)c5ccc(N(c6ccccc6)c6ccc(CCCC)cc6)cc5)cc4)cc3)cc2)cc1. The highest BCUT2D eigenvalue weighted by Crippen LogP contribution is 2.43. The summed E-state index contributed by atoms with van der Waals surface area (Å²) in [6.07, 6.45) is 13.9. The predicted molar refractivity (Wildman–Crippen MR) is 345 cm³/mol. The van der Waals surface area contributed by atoms with Gasteiger partial charge in [-0.15, -0.1) is 0 Å². The molecule has 402 valence electrons. The Morgan fingerprint density at radius 2 is 0.350 bits per heavy atom. The van der Waals surface area contributed by atoms with E-state index >= 15 is 0 Å². The van der Waals surface area contributed by atoms with E-state index in [0.29, 0.717) is 0 Å². The van der Waals surface area contributed by atoms with Crippen LogP contribution in [0.15, 0.2) is 255 Å². The molecular weight excluding hydrogens is 969 g/mol. The molecule has 0 unspecified atom stereocenters. The fourth-order valence-electron chi connectivity index (χ4n) is 10.8. The Hall–Kier alpha value is -8.60. The molecule has 0 spiro atoms. The maximum absolute atomic E-state index is 2.38. The zero-order chi connectivity index (χ0) is 54.9. The van der Waals surface area contributed by atoms with E-state index < -0.39 is 0 Å². The van der Waals surface area contributed by atoms with Crippen LogP contribution in [0.25, 0.3) is 11.1 Å². The molecule has 0 aromatic heterocycles. The molecule has 0 saturated carbocycles. The number of aryl methyl sites for hydroxylation is 4. The quantitative estimate of drug-likeness (QED) is 0.0565. The van der Waals surface area contributed by atoms with Crippen molar-refractivity contribution in [2.24, 2.45) is 0 Å². The van der Waals surface area contributed by atoms with E-state index in [0.717, 1.165) is 93.9 Å². The molecular formula is C76H78N4. The van der Waals surface area contributed by atoms with Crippen LogP contribution in [0.2, 0.25) is 0 Å². The van der Waals surface area contributed by atoms with Gasteiger partial charge in [0, 0.05) is 68.2 Å². The number of benzene rings is 10. The minimum atomic E-state index is 1.09. The maximum Gasteiger partial charge on any atom is 0.0463 e. The van der Waals surface area contributed by atoms with Crippen molar-refractivity contribution in [3.63, 3.8) is 0 Å². The van der Waals surface area contributed by atoms with Crippen LogP contribution in [0.3, 0.4) is 0 Å². The first-order chi connectivity index (χ1) is 39.5. The fraction of sp³-hybridized carbons (Fsp3) is 0.211. The fourth-order valence-corrected chi connectivity index (χ4v) is 10.8. The van der Waals surface area contributed by atoms with Crippen LogP contribution in [-0.4, -0.2) is 0 Å². The van der Waals surface area contributed by atoms with Crippen molar-refractivity contribution in [2.45, 2.75) is 105 Å². The molecule has 80 heavy (non-hydrogen) atoms. The lowest BCUT2D eigenvalue weighted by Gasteiger charge is -2.29. The zero-order valence-corrected chi connectivity index (χ0v) is 47.5. The van der Waals surface area contributed by atoms with Crippen LogP contribution < -0.4 is 19.6 Å². The molecule has 0 heterocycles. The Balaban J connectivity index is 0.948. The molecule has 0 N–H and O–H groups in total. The van der Waals surface area contributed by atoms with Crippen LogP contribution in [0.4, 0.5) is 68.2 Å². The molecule has 0 amide bonds. The topological polar surface area (TPSA) is 13.0 Å². The number of hydrogen-bond acceptors (Lipinski definition) is 4. The Bertz CT molecular complexity index is 3170. The second kappa shape index (κ2) is 27.3. The van der Waals surface area contributed by atoms with E-state index in [1.807, 2.05) is 0 Å². The lowest BCUT2D eigenvalue weighted by molar-refractivity contribution is 0.795. The molecule has 0 aliphatic rings. The first-order valence-corrected chi connectivity index (χ1v) is 29.6. The van der Waals surface area contributed by atoms with Gasteiger partial charge in [0.25, 0.3) is 0 Å². The van der Waals surface area contributed by atoms with Gasteiger partial charge in [0.1, 0.15) is 0 Å². The van der Waals surface area contributed by atoms with Gasteiger partial charge in [0.05, 0.1) is 0 Å². The third kappa shape index (κ3) is 13.4. The number of anilines is 12. The van der Waals surface area contributed by atoms with Crippen molar-refractivity contribution in [3.05, 3.63) is 277 Å². The van der Waals surface area contributed by atoms with E-state index in [9.17, 15) is 0 Å². The Kier molecular flexibility index (Phi) is 18.7. The van der Waals surface area contributed by atoms with Crippen LogP contribution in [0.5, 0.6) is 0 Å². The van der Waals surface area contributed by atoms with E-state index in [-0.39, 0.29) is 0 Å². The normalized spacial score (nSPS) is 11.1. The minimum Gasteiger partial charge on any atom is -0.311 e. The maximum atomic E-state index is 2.38. The summed E-state index contributed by atoms with van der Waals surface area (Å²) in [7, 11) is 0. The first kappa shape index (κ1) is 54.7. The number of nitrogens with zero attached hydrogens (tertiary/aromatic N) is 4. The van der Waals surface area contributed by atoms with E-state index in [2.05, 4.69) is 302 Å². The summed E-state index contributed by atoms with van der Waals surface area (Å²) in [6, 6.07) is 94.2. The monoisotopic (exact) mass is 1050 g/mol. The molecule has 0 radical (unpaired) electrons. The van der Waals surface area contributed by atoms with Gasteiger partial charge in [0.15, 0.2) is 0 Å². The van der Waals surface area contributed by atoms with Crippen LogP contribution in [-0.2, 0) is 25.7 Å². The third-order valence-corrected chi connectivity index (χ3v) is 15.4. The molecule has 0 aliphatic carbocycles.